The maximum Gasteiger partial charge on any atom is 0.410 e. The fourth-order valence-corrected chi connectivity index (χ4v) is 2.84. The van der Waals surface area contributed by atoms with Crippen LogP contribution >= 0.6 is 12.6 Å². The number of nitrogens with zero attached hydrogens (tertiary/aromatic N) is 2. The molecule has 1 aromatic carbocycles. The van der Waals surface area contributed by atoms with Gasteiger partial charge in [-0.1, -0.05) is 0 Å². The van der Waals surface area contributed by atoms with Crippen LogP contribution in [0.25, 0.3) is 0 Å². The van der Waals surface area contributed by atoms with E-state index in [9.17, 15) is 4.79 Å². The number of nitrogens with two attached hydrogens (primary N) is 1. The van der Waals surface area contributed by atoms with Gasteiger partial charge in [0.25, 0.3) is 0 Å². The number of rotatable bonds is 2. The number of hydrogen-bond acceptors (Lipinski definition) is 5. The summed E-state index contributed by atoms with van der Waals surface area (Å²) < 4.78 is 5.44. The van der Waals surface area contributed by atoms with E-state index in [2.05, 4.69) is 23.6 Å². The zero-order chi connectivity index (χ0) is 17.2. The second-order valence-electron chi connectivity index (χ2n) is 6.94. The van der Waals surface area contributed by atoms with E-state index >= 15 is 0 Å². The predicted molar refractivity (Wildman–Crippen MR) is 98.3 cm³/mol. The molecule has 0 spiro atoms. The molecule has 2 rings (SSSR count). The number of benzene rings is 1. The SMILES string of the molecule is Cc1c(N)cc(CS)cc1N1CCN(C(=O)OC(C)(C)C)CC1. The standard InChI is InChI=1S/C17H27N3O2S/c1-12-14(18)9-13(11-23)10-15(12)19-5-7-20(8-6-19)16(21)22-17(2,3)4/h9-10,23H,5-8,11,18H2,1-4H3. The summed E-state index contributed by atoms with van der Waals surface area (Å²) in [6, 6.07) is 4.12. The van der Waals surface area contributed by atoms with Crippen molar-refractivity contribution in [1.82, 2.24) is 4.90 Å². The average molecular weight is 337 g/mol. The highest BCUT2D eigenvalue weighted by atomic mass is 32.1. The Labute approximate surface area is 144 Å². The van der Waals surface area contributed by atoms with Crippen LogP contribution in [0.3, 0.4) is 0 Å². The third-order valence-corrected chi connectivity index (χ3v) is 4.30. The van der Waals surface area contributed by atoms with Crippen LogP contribution in [-0.4, -0.2) is 42.8 Å². The van der Waals surface area contributed by atoms with Crippen LogP contribution in [0.15, 0.2) is 12.1 Å². The number of anilines is 2. The molecule has 5 nitrogen and oxygen atoms in total. The Bertz CT molecular complexity index is 576. The molecule has 1 heterocycles. The first-order chi connectivity index (χ1) is 10.7. The van der Waals surface area contributed by atoms with Crippen LogP contribution in [0, 0.1) is 6.92 Å². The lowest BCUT2D eigenvalue weighted by Crippen LogP contribution is -2.50. The van der Waals surface area contributed by atoms with E-state index in [0.29, 0.717) is 18.8 Å². The first kappa shape index (κ1) is 17.8. The summed E-state index contributed by atoms with van der Waals surface area (Å²) in [7, 11) is 0. The van der Waals surface area contributed by atoms with E-state index in [1.807, 2.05) is 33.8 Å². The first-order valence-corrected chi connectivity index (χ1v) is 8.57. The van der Waals surface area contributed by atoms with Crippen molar-refractivity contribution in [3.05, 3.63) is 23.3 Å². The average Bonchev–Trinajstić information content (AvgIpc) is 2.48. The summed E-state index contributed by atoms with van der Waals surface area (Å²) in [5.74, 6) is 0.662. The van der Waals surface area contributed by atoms with E-state index in [1.165, 1.54) is 0 Å². The van der Waals surface area contributed by atoms with Gasteiger partial charge in [0.05, 0.1) is 0 Å². The van der Waals surface area contributed by atoms with Crippen molar-refractivity contribution < 1.29 is 9.53 Å². The molecule has 1 aliphatic heterocycles. The third-order valence-electron chi connectivity index (χ3n) is 3.93. The number of nitrogen functional groups attached to an aromatic ring is 1. The van der Waals surface area contributed by atoms with Gasteiger partial charge < -0.3 is 20.3 Å². The van der Waals surface area contributed by atoms with E-state index in [-0.39, 0.29) is 6.09 Å². The molecule has 1 fully saturated rings. The lowest BCUT2D eigenvalue weighted by Gasteiger charge is -2.37. The number of amides is 1. The molecule has 2 N–H and O–H groups in total. The summed E-state index contributed by atoms with van der Waals surface area (Å²) in [5.41, 5.74) is 9.77. The van der Waals surface area contributed by atoms with Crippen LogP contribution in [0.2, 0.25) is 0 Å². The molecule has 0 atom stereocenters. The Morgan fingerprint density at radius 3 is 2.39 bits per heavy atom. The Morgan fingerprint density at radius 2 is 1.87 bits per heavy atom. The monoisotopic (exact) mass is 337 g/mol. The molecule has 0 unspecified atom stereocenters. The molecule has 0 saturated carbocycles. The van der Waals surface area contributed by atoms with Gasteiger partial charge in [0, 0.05) is 43.3 Å². The van der Waals surface area contributed by atoms with Gasteiger partial charge in [-0.15, -0.1) is 0 Å². The van der Waals surface area contributed by atoms with Crippen LogP contribution in [-0.2, 0) is 10.5 Å². The molecule has 23 heavy (non-hydrogen) atoms. The van der Waals surface area contributed by atoms with Crippen molar-refractivity contribution in [2.45, 2.75) is 39.0 Å². The van der Waals surface area contributed by atoms with Crippen LogP contribution < -0.4 is 10.6 Å². The summed E-state index contributed by atoms with van der Waals surface area (Å²) in [5, 5.41) is 0. The normalized spacial score (nSPS) is 15.7. The molecule has 0 aromatic heterocycles. The van der Waals surface area contributed by atoms with Gasteiger partial charge in [-0.3, -0.25) is 0 Å². The Balaban J connectivity index is 2.05. The van der Waals surface area contributed by atoms with Gasteiger partial charge in [-0.2, -0.15) is 12.6 Å². The molecule has 1 saturated heterocycles. The van der Waals surface area contributed by atoms with Crippen molar-refractivity contribution in [2.24, 2.45) is 0 Å². The predicted octanol–water partition coefficient (Wildman–Crippen LogP) is 3.06. The van der Waals surface area contributed by atoms with Crippen molar-refractivity contribution in [3.8, 4) is 0 Å². The number of thiol groups is 1. The number of ether oxygens (including phenoxy) is 1. The van der Waals surface area contributed by atoms with Gasteiger partial charge in [0.1, 0.15) is 5.60 Å². The minimum Gasteiger partial charge on any atom is -0.444 e. The lowest BCUT2D eigenvalue weighted by molar-refractivity contribution is 0.0240. The minimum absolute atomic E-state index is 0.238. The van der Waals surface area contributed by atoms with Crippen LogP contribution in [0.4, 0.5) is 16.2 Å². The second kappa shape index (κ2) is 6.91. The van der Waals surface area contributed by atoms with E-state index in [4.69, 9.17) is 10.5 Å². The minimum atomic E-state index is -0.458. The van der Waals surface area contributed by atoms with E-state index in [0.717, 1.165) is 35.6 Å². The van der Waals surface area contributed by atoms with Gasteiger partial charge >= 0.3 is 6.09 Å². The van der Waals surface area contributed by atoms with Crippen LogP contribution in [0.1, 0.15) is 31.9 Å². The van der Waals surface area contributed by atoms with Gasteiger partial charge in [-0.25, -0.2) is 4.79 Å². The van der Waals surface area contributed by atoms with Crippen LogP contribution in [0.5, 0.6) is 0 Å². The Morgan fingerprint density at radius 1 is 1.26 bits per heavy atom. The Kier molecular flexibility index (Phi) is 5.34. The summed E-state index contributed by atoms with van der Waals surface area (Å²) in [4.78, 5) is 16.2. The summed E-state index contributed by atoms with van der Waals surface area (Å²) in [6.45, 7) is 10.5. The highest BCUT2D eigenvalue weighted by molar-refractivity contribution is 7.79. The lowest BCUT2D eigenvalue weighted by atomic mass is 10.1. The molecule has 0 radical (unpaired) electrons. The second-order valence-corrected chi connectivity index (χ2v) is 7.26. The Hall–Kier alpha value is -1.56. The fourth-order valence-electron chi connectivity index (χ4n) is 2.66. The fraction of sp³-hybridized carbons (Fsp3) is 0.588. The van der Waals surface area contributed by atoms with Crippen molar-refractivity contribution >= 4 is 30.1 Å². The molecular formula is C17H27N3O2S. The maximum atomic E-state index is 12.1. The highest BCUT2D eigenvalue weighted by Crippen LogP contribution is 2.29. The number of hydrogen-bond donors (Lipinski definition) is 2. The number of carbonyl (C=O) groups is 1. The van der Waals surface area contributed by atoms with Crippen molar-refractivity contribution in [1.29, 1.82) is 0 Å². The number of carbonyl (C=O) groups excluding carboxylic acids is 1. The largest absolute Gasteiger partial charge is 0.444 e. The summed E-state index contributed by atoms with van der Waals surface area (Å²) >= 11 is 4.34. The molecule has 6 heteroatoms. The quantitative estimate of drug-likeness (QED) is 0.643. The highest BCUT2D eigenvalue weighted by Gasteiger charge is 2.26. The van der Waals surface area contributed by atoms with Crippen molar-refractivity contribution in [3.63, 3.8) is 0 Å². The topological polar surface area (TPSA) is 58.8 Å². The smallest absolute Gasteiger partial charge is 0.410 e. The van der Waals surface area contributed by atoms with Crippen molar-refractivity contribution in [2.75, 3.05) is 36.8 Å². The summed E-state index contributed by atoms with van der Waals surface area (Å²) in [6.07, 6.45) is -0.238. The molecule has 0 aliphatic carbocycles. The molecule has 1 amide bonds. The third kappa shape index (κ3) is 4.47. The van der Waals surface area contributed by atoms with Gasteiger partial charge in [0.2, 0.25) is 0 Å². The first-order valence-electron chi connectivity index (χ1n) is 7.94. The number of piperazine rings is 1. The zero-order valence-corrected chi connectivity index (χ0v) is 15.3. The molecular weight excluding hydrogens is 310 g/mol. The maximum absolute atomic E-state index is 12.1. The zero-order valence-electron chi connectivity index (χ0n) is 14.4. The molecule has 128 valence electrons. The van der Waals surface area contributed by atoms with E-state index < -0.39 is 5.60 Å². The van der Waals surface area contributed by atoms with E-state index in [1.54, 1.807) is 4.90 Å². The van der Waals surface area contributed by atoms with Gasteiger partial charge in [-0.05, 0) is 51.0 Å². The molecule has 1 aromatic rings. The molecule has 1 aliphatic rings. The molecule has 0 bridgehead atoms. The van der Waals surface area contributed by atoms with Gasteiger partial charge in [0.15, 0.2) is 0 Å².